The van der Waals surface area contributed by atoms with Crippen molar-refractivity contribution in [2.75, 3.05) is 19.6 Å². The van der Waals surface area contributed by atoms with Crippen LogP contribution in [0.2, 0.25) is 0 Å². The predicted octanol–water partition coefficient (Wildman–Crippen LogP) is 2.95. The van der Waals surface area contributed by atoms with Crippen molar-refractivity contribution in [2.45, 2.75) is 64.4 Å². The van der Waals surface area contributed by atoms with Gasteiger partial charge in [0.25, 0.3) is 0 Å². The third kappa shape index (κ3) is 6.61. The van der Waals surface area contributed by atoms with E-state index in [1.54, 1.807) is 39.8 Å². The van der Waals surface area contributed by atoms with Gasteiger partial charge in [0.05, 0.1) is 0 Å². The molecule has 0 atom stereocenters. The molecule has 8 heteroatoms. The quantitative estimate of drug-likeness (QED) is 0.670. The van der Waals surface area contributed by atoms with Crippen molar-refractivity contribution in [3.05, 3.63) is 36.2 Å². The van der Waals surface area contributed by atoms with Gasteiger partial charge in [0.1, 0.15) is 5.60 Å². The lowest BCUT2D eigenvalue weighted by Crippen LogP contribution is -2.57. The third-order valence-electron chi connectivity index (χ3n) is 4.48. The number of carbonyl (C=O) groups is 1. The highest BCUT2D eigenvalue weighted by Crippen LogP contribution is 2.37. The van der Waals surface area contributed by atoms with Crippen LogP contribution in [0.1, 0.15) is 40.5 Å². The maximum absolute atomic E-state index is 14.9. The van der Waals surface area contributed by atoms with Crippen LogP contribution in [0.15, 0.2) is 36.2 Å². The standard InChI is InChI=1S/C20H32FN3O4/c1-14(23-18(25)28-19(3,4)5)12-16(6-9-22)13-24-10-7-20(21,8-11-24)17-26-15(2)27-17/h6,9,12,15,17H,1,7-8,10-11,13,22H2,2-5H3,(H,23,25)/b9-6-,16-12+. The van der Waals surface area contributed by atoms with E-state index in [0.717, 1.165) is 5.57 Å². The fourth-order valence-corrected chi connectivity index (χ4v) is 3.14. The second-order valence-electron chi connectivity index (χ2n) is 8.21. The van der Waals surface area contributed by atoms with E-state index in [9.17, 15) is 9.18 Å². The number of halogens is 1. The van der Waals surface area contributed by atoms with E-state index in [0.29, 0.717) is 38.2 Å². The first-order chi connectivity index (χ1) is 13.0. The summed E-state index contributed by atoms with van der Waals surface area (Å²) in [6.45, 7) is 12.6. The Bertz CT molecular complexity index is 628. The van der Waals surface area contributed by atoms with Crippen molar-refractivity contribution in [3.8, 4) is 0 Å². The van der Waals surface area contributed by atoms with Crippen molar-refractivity contribution in [3.63, 3.8) is 0 Å². The molecule has 2 saturated heterocycles. The Kier molecular flexibility index (Phi) is 7.25. The predicted molar refractivity (Wildman–Crippen MR) is 105 cm³/mol. The second-order valence-corrected chi connectivity index (χ2v) is 8.21. The Morgan fingerprint density at radius 3 is 2.50 bits per heavy atom. The number of ether oxygens (including phenoxy) is 3. The van der Waals surface area contributed by atoms with Crippen molar-refractivity contribution in [2.24, 2.45) is 5.73 Å². The summed E-state index contributed by atoms with van der Waals surface area (Å²) in [5.74, 6) is 0. The summed E-state index contributed by atoms with van der Waals surface area (Å²) in [7, 11) is 0. The number of nitrogens with two attached hydrogens (primary N) is 1. The molecular formula is C20H32FN3O4. The molecule has 28 heavy (non-hydrogen) atoms. The number of rotatable bonds is 6. The molecule has 0 radical (unpaired) electrons. The highest BCUT2D eigenvalue weighted by molar-refractivity contribution is 5.70. The van der Waals surface area contributed by atoms with Gasteiger partial charge in [-0.3, -0.25) is 10.2 Å². The van der Waals surface area contributed by atoms with Crippen LogP contribution in [0, 0.1) is 0 Å². The molecule has 0 spiro atoms. The number of hydrogen-bond donors (Lipinski definition) is 2. The number of allylic oxidation sites excluding steroid dienone is 1. The van der Waals surface area contributed by atoms with E-state index in [1.807, 2.05) is 0 Å². The molecule has 0 aliphatic carbocycles. The molecular weight excluding hydrogens is 365 g/mol. The van der Waals surface area contributed by atoms with Gasteiger partial charge < -0.3 is 19.9 Å². The molecule has 3 N–H and O–H groups in total. The molecule has 0 aromatic heterocycles. The summed E-state index contributed by atoms with van der Waals surface area (Å²) in [5, 5.41) is 2.59. The Morgan fingerprint density at radius 2 is 2.00 bits per heavy atom. The molecule has 0 unspecified atom stereocenters. The number of amides is 1. The first-order valence-electron chi connectivity index (χ1n) is 9.51. The van der Waals surface area contributed by atoms with Gasteiger partial charge in [-0.05, 0) is 64.5 Å². The number of hydrogen-bond acceptors (Lipinski definition) is 6. The zero-order chi connectivity index (χ0) is 20.9. The summed E-state index contributed by atoms with van der Waals surface area (Å²) in [4.78, 5) is 14.0. The average Bonchev–Trinajstić information content (AvgIpc) is 2.52. The first kappa shape index (κ1) is 22.4. The fraction of sp³-hybridized carbons (Fsp3) is 0.650. The molecule has 2 aliphatic heterocycles. The molecule has 0 bridgehead atoms. The fourth-order valence-electron chi connectivity index (χ4n) is 3.14. The lowest BCUT2D eigenvalue weighted by atomic mass is 9.91. The van der Waals surface area contributed by atoms with Crippen LogP contribution in [0.5, 0.6) is 0 Å². The minimum absolute atomic E-state index is 0.330. The molecule has 0 saturated carbocycles. The zero-order valence-electron chi connectivity index (χ0n) is 17.2. The van der Waals surface area contributed by atoms with Gasteiger partial charge in [0, 0.05) is 25.3 Å². The Balaban J connectivity index is 1.88. The first-order valence-corrected chi connectivity index (χ1v) is 9.51. The second kappa shape index (κ2) is 9.07. The lowest BCUT2D eigenvalue weighted by Gasteiger charge is -2.46. The number of nitrogens with one attached hydrogen (secondary N) is 1. The Labute approximate surface area is 166 Å². The van der Waals surface area contributed by atoms with E-state index in [4.69, 9.17) is 19.9 Å². The molecule has 1 amide bonds. The Morgan fingerprint density at radius 1 is 1.39 bits per heavy atom. The molecule has 2 heterocycles. The minimum atomic E-state index is -1.45. The van der Waals surface area contributed by atoms with E-state index in [1.165, 1.54) is 6.20 Å². The van der Waals surface area contributed by atoms with E-state index in [2.05, 4.69) is 16.8 Å². The molecule has 2 fully saturated rings. The lowest BCUT2D eigenvalue weighted by molar-refractivity contribution is -0.413. The van der Waals surface area contributed by atoms with E-state index in [-0.39, 0.29) is 6.29 Å². The number of nitrogens with zero attached hydrogens (tertiary/aromatic N) is 1. The normalized spacial score (nSPS) is 26.0. The summed E-state index contributed by atoms with van der Waals surface area (Å²) >= 11 is 0. The maximum atomic E-state index is 14.9. The summed E-state index contributed by atoms with van der Waals surface area (Å²) < 4.78 is 30.8. The molecule has 2 aliphatic rings. The van der Waals surface area contributed by atoms with Crippen LogP contribution in [0.25, 0.3) is 0 Å². The number of piperidine rings is 1. The molecule has 7 nitrogen and oxygen atoms in total. The van der Waals surface area contributed by atoms with Crippen LogP contribution in [-0.2, 0) is 14.2 Å². The number of alkyl halides is 1. The smallest absolute Gasteiger partial charge is 0.412 e. The molecule has 158 valence electrons. The highest BCUT2D eigenvalue weighted by atomic mass is 19.1. The van der Waals surface area contributed by atoms with Crippen molar-refractivity contribution < 1.29 is 23.4 Å². The third-order valence-corrected chi connectivity index (χ3v) is 4.48. The highest BCUT2D eigenvalue weighted by Gasteiger charge is 2.49. The summed E-state index contributed by atoms with van der Waals surface area (Å²) in [5.41, 5.74) is 4.74. The van der Waals surface area contributed by atoms with Gasteiger partial charge in [0.15, 0.2) is 18.2 Å². The van der Waals surface area contributed by atoms with Crippen LogP contribution in [0.4, 0.5) is 9.18 Å². The van der Waals surface area contributed by atoms with Crippen molar-refractivity contribution >= 4 is 6.09 Å². The number of likely N-dealkylation sites (tertiary alicyclic amines) is 1. The van der Waals surface area contributed by atoms with Gasteiger partial charge in [0.2, 0.25) is 0 Å². The monoisotopic (exact) mass is 397 g/mol. The van der Waals surface area contributed by atoms with Gasteiger partial charge >= 0.3 is 6.09 Å². The van der Waals surface area contributed by atoms with Crippen molar-refractivity contribution in [1.29, 1.82) is 0 Å². The van der Waals surface area contributed by atoms with Gasteiger partial charge in [-0.1, -0.05) is 6.58 Å². The van der Waals surface area contributed by atoms with E-state index >= 15 is 0 Å². The largest absolute Gasteiger partial charge is 0.444 e. The summed E-state index contributed by atoms with van der Waals surface area (Å²) in [6, 6.07) is 0. The average molecular weight is 397 g/mol. The molecule has 0 aromatic carbocycles. The van der Waals surface area contributed by atoms with Crippen LogP contribution in [0.3, 0.4) is 0 Å². The maximum Gasteiger partial charge on any atom is 0.412 e. The van der Waals surface area contributed by atoms with Crippen LogP contribution >= 0.6 is 0 Å². The molecule has 0 aromatic rings. The minimum Gasteiger partial charge on any atom is -0.444 e. The van der Waals surface area contributed by atoms with Gasteiger partial charge in [-0.15, -0.1) is 0 Å². The zero-order valence-corrected chi connectivity index (χ0v) is 17.2. The Hall–Kier alpha value is -1.90. The number of carbonyl (C=O) groups excluding carboxylic acids is 1. The number of alkyl carbamates (subject to hydrolysis) is 1. The van der Waals surface area contributed by atoms with E-state index < -0.39 is 23.7 Å². The summed E-state index contributed by atoms with van der Waals surface area (Å²) in [6.07, 6.45) is 3.89. The molecule has 2 rings (SSSR count). The van der Waals surface area contributed by atoms with Crippen molar-refractivity contribution in [1.82, 2.24) is 10.2 Å². The SMILES string of the molecule is C=C(/C=C(\C=C/N)CN1CCC(F)(C2OC(C)O2)CC1)NC(=O)OC(C)(C)C. The van der Waals surface area contributed by atoms with Crippen LogP contribution in [-0.4, -0.2) is 54.5 Å². The topological polar surface area (TPSA) is 86.0 Å². The van der Waals surface area contributed by atoms with Crippen LogP contribution < -0.4 is 11.1 Å². The van der Waals surface area contributed by atoms with Gasteiger partial charge in [-0.25, -0.2) is 9.18 Å². The van der Waals surface area contributed by atoms with Gasteiger partial charge in [-0.2, -0.15) is 0 Å².